The Morgan fingerprint density at radius 2 is 1.80 bits per heavy atom. The van der Waals surface area contributed by atoms with Gasteiger partial charge in [-0.05, 0) is 36.8 Å². The van der Waals surface area contributed by atoms with Crippen molar-refractivity contribution in [3.05, 3.63) is 59.7 Å². The molecule has 1 atom stereocenters. The van der Waals surface area contributed by atoms with Crippen molar-refractivity contribution in [3.8, 4) is 5.75 Å². The van der Waals surface area contributed by atoms with Gasteiger partial charge in [0, 0.05) is 24.4 Å². The molecule has 0 radical (unpaired) electrons. The van der Waals surface area contributed by atoms with Crippen LogP contribution in [0.3, 0.4) is 0 Å². The van der Waals surface area contributed by atoms with Crippen LogP contribution in [0.25, 0.3) is 0 Å². The predicted octanol–water partition coefficient (Wildman–Crippen LogP) is 4.01. The molecule has 3 nitrogen and oxygen atoms in total. The summed E-state index contributed by atoms with van der Waals surface area (Å²) >= 11 is 0. The van der Waals surface area contributed by atoms with Crippen molar-refractivity contribution in [2.24, 2.45) is 0 Å². The van der Waals surface area contributed by atoms with Crippen LogP contribution in [0.5, 0.6) is 5.75 Å². The van der Waals surface area contributed by atoms with E-state index in [1.807, 2.05) is 24.3 Å². The number of rotatable bonds is 6. The zero-order chi connectivity index (χ0) is 14.4. The lowest BCUT2D eigenvalue weighted by Crippen LogP contribution is -2.07. The summed E-state index contributed by atoms with van der Waals surface area (Å²) in [5, 5.41) is 3.48. The van der Waals surface area contributed by atoms with Gasteiger partial charge in [0.25, 0.3) is 0 Å². The minimum Gasteiger partial charge on any atom is -0.496 e. The normalized spacial score (nSPS) is 11.9. The van der Waals surface area contributed by atoms with Gasteiger partial charge in [-0.2, -0.15) is 0 Å². The van der Waals surface area contributed by atoms with E-state index in [1.54, 1.807) is 14.2 Å². The third-order valence-corrected chi connectivity index (χ3v) is 3.26. The molecule has 0 heterocycles. The summed E-state index contributed by atoms with van der Waals surface area (Å²) in [5.74, 6) is 0.863. The van der Waals surface area contributed by atoms with E-state index in [1.165, 1.54) is 5.56 Å². The van der Waals surface area contributed by atoms with E-state index in [9.17, 15) is 0 Å². The molecule has 1 unspecified atom stereocenters. The lowest BCUT2D eigenvalue weighted by atomic mass is 10.0. The van der Waals surface area contributed by atoms with E-state index in [0.717, 1.165) is 17.0 Å². The van der Waals surface area contributed by atoms with E-state index in [4.69, 9.17) is 9.47 Å². The zero-order valence-electron chi connectivity index (χ0n) is 12.2. The van der Waals surface area contributed by atoms with Gasteiger partial charge in [0.05, 0.1) is 13.7 Å². The number of methoxy groups -OCH3 is 2. The summed E-state index contributed by atoms with van der Waals surface area (Å²) in [7, 11) is 3.37. The van der Waals surface area contributed by atoms with Crippen LogP contribution in [0.4, 0.5) is 5.69 Å². The minimum absolute atomic E-state index is 0.221. The first-order chi connectivity index (χ1) is 9.74. The minimum atomic E-state index is 0.221. The number of hydrogen-bond acceptors (Lipinski definition) is 3. The van der Waals surface area contributed by atoms with Crippen molar-refractivity contribution >= 4 is 5.69 Å². The lowest BCUT2D eigenvalue weighted by molar-refractivity contribution is 0.181. The number of nitrogens with one attached hydrogen (secondary N) is 1. The summed E-state index contributed by atoms with van der Waals surface area (Å²) in [5.41, 5.74) is 3.39. The van der Waals surface area contributed by atoms with Gasteiger partial charge in [-0.15, -0.1) is 0 Å². The monoisotopic (exact) mass is 271 g/mol. The van der Waals surface area contributed by atoms with Crippen LogP contribution in [-0.2, 0) is 11.3 Å². The van der Waals surface area contributed by atoms with Gasteiger partial charge < -0.3 is 14.8 Å². The standard InChI is InChI=1S/C17H21NO2/c1-13(18-16-7-5-4-6-8-16)14-9-10-17(20-3)15(11-14)12-19-2/h4-11,13,18H,12H2,1-3H3. The van der Waals surface area contributed by atoms with Crippen LogP contribution in [-0.4, -0.2) is 14.2 Å². The molecule has 0 aromatic heterocycles. The van der Waals surface area contributed by atoms with Crippen molar-refractivity contribution in [2.75, 3.05) is 19.5 Å². The highest BCUT2D eigenvalue weighted by molar-refractivity contribution is 5.46. The van der Waals surface area contributed by atoms with Crippen LogP contribution in [0.2, 0.25) is 0 Å². The maximum atomic E-state index is 5.35. The molecule has 1 N–H and O–H groups in total. The van der Waals surface area contributed by atoms with E-state index < -0.39 is 0 Å². The molecule has 0 aliphatic rings. The molecule has 20 heavy (non-hydrogen) atoms. The Balaban J connectivity index is 2.17. The smallest absolute Gasteiger partial charge is 0.124 e. The second-order valence-corrected chi connectivity index (χ2v) is 4.74. The van der Waals surface area contributed by atoms with Crippen molar-refractivity contribution in [3.63, 3.8) is 0 Å². The molecular formula is C17H21NO2. The van der Waals surface area contributed by atoms with Gasteiger partial charge in [-0.25, -0.2) is 0 Å². The Morgan fingerprint density at radius 1 is 1.05 bits per heavy atom. The molecule has 0 aliphatic heterocycles. The summed E-state index contributed by atoms with van der Waals surface area (Å²) in [4.78, 5) is 0. The molecule has 0 bridgehead atoms. The van der Waals surface area contributed by atoms with E-state index in [0.29, 0.717) is 6.61 Å². The quantitative estimate of drug-likeness (QED) is 0.861. The van der Waals surface area contributed by atoms with Gasteiger partial charge >= 0.3 is 0 Å². The van der Waals surface area contributed by atoms with Gasteiger partial charge in [-0.3, -0.25) is 0 Å². The molecule has 0 saturated heterocycles. The molecule has 0 spiro atoms. The number of benzene rings is 2. The summed E-state index contributed by atoms with van der Waals surface area (Å²) in [6, 6.07) is 16.6. The first-order valence-electron chi connectivity index (χ1n) is 6.72. The van der Waals surface area contributed by atoms with Crippen molar-refractivity contribution in [2.45, 2.75) is 19.6 Å². The molecule has 2 aromatic carbocycles. The van der Waals surface area contributed by atoms with E-state index >= 15 is 0 Å². The number of ether oxygens (including phenoxy) is 2. The largest absolute Gasteiger partial charge is 0.496 e. The fourth-order valence-corrected chi connectivity index (χ4v) is 2.20. The highest BCUT2D eigenvalue weighted by Gasteiger charge is 2.09. The third kappa shape index (κ3) is 3.52. The van der Waals surface area contributed by atoms with Crippen LogP contribution < -0.4 is 10.1 Å². The van der Waals surface area contributed by atoms with Crippen molar-refractivity contribution in [1.82, 2.24) is 0 Å². The fourth-order valence-electron chi connectivity index (χ4n) is 2.20. The highest BCUT2D eigenvalue weighted by Crippen LogP contribution is 2.26. The molecule has 106 valence electrons. The van der Waals surface area contributed by atoms with Crippen molar-refractivity contribution < 1.29 is 9.47 Å². The number of anilines is 1. The SMILES string of the molecule is COCc1cc(C(C)Nc2ccccc2)ccc1OC. The molecule has 0 fully saturated rings. The maximum Gasteiger partial charge on any atom is 0.124 e. The van der Waals surface area contributed by atoms with Crippen LogP contribution >= 0.6 is 0 Å². The fraction of sp³-hybridized carbons (Fsp3) is 0.294. The van der Waals surface area contributed by atoms with Gasteiger partial charge in [-0.1, -0.05) is 24.3 Å². The number of hydrogen-bond donors (Lipinski definition) is 1. The average Bonchev–Trinajstić information content (AvgIpc) is 2.48. The Morgan fingerprint density at radius 3 is 2.45 bits per heavy atom. The summed E-state index contributed by atoms with van der Waals surface area (Å²) in [6.45, 7) is 2.69. The highest BCUT2D eigenvalue weighted by atomic mass is 16.5. The first-order valence-corrected chi connectivity index (χ1v) is 6.72. The van der Waals surface area contributed by atoms with E-state index in [2.05, 4.69) is 36.5 Å². The Bertz CT molecular complexity index is 540. The molecule has 2 rings (SSSR count). The molecule has 0 amide bonds. The Labute approximate surface area is 120 Å². The second-order valence-electron chi connectivity index (χ2n) is 4.74. The predicted molar refractivity (Wildman–Crippen MR) is 82.2 cm³/mol. The topological polar surface area (TPSA) is 30.5 Å². The summed E-state index contributed by atoms with van der Waals surface area (Å²) in [6.07, 6.45) is 0. The van der Waals surface area contributed by atoms with Gasteiger partial charge in [0.15, 0.2) is 0 Å². The molecule has 0 aliphatic carbocycles. The molecule has 2 aromatic rings. The lowest BCUT2D eigenvalue weighted by Gasteiger charge is -2.18. The molecule has 3 heteroatoms. The number of para-hydroxylation sites is 1. The summed E-state index contributed by atoms with van der Waals surface area (Å²) < 4.78 is 10.6. The molecule has 0 saturated carbocycles. The molecular weight excluding hydrogens is 250 g/mol. The van der Waals surface area contributed by atoms with Crippen LogP contribution in [0.15, 0.2) is 48.5 Å². The second kappa shape index (κ2) is 6.96. The maximum absolute atomic E-state index is 5.35. The first kappa shape index (κ1) is 14.4. The Hall–Kier alpha value is -2.00. The zero-order valence-corrected chi connectivity index (χ0v) is 12.2. The van der Waals surface area contributed by atoms with E-state index in [-0.39, 0.29) is 6.04 Å². The van der Waals surface area contributed by atoms with Crippen molar-refractivity contribution in [1.29, 1.82) is 0 Å². The Kier molecular flexibility index (Phi) is 5.02. The average molecular weight is 271 g/mol. The van der Waals surface area contributed by atoms with Gasteiger partial charge in [0.2, 0.25) is 0 Å². The van der Waals surface area contributed by atoms with Crippen LogP contribution in [0, 0.1) is 0 Å². The third-order valence-electron chi connectivity index (χ3n) is 3.26. The van der Waals surface area contributed by atoms with Crippen LogP contribution in [0.1, 0.15) is 24.1 Å². The van der Waals surface area contributed by atoms with Gasteiger partial charge in [0.1, 0.15) is 5.75 Å².